The van der Waals surface area contributed by atoms with Crippen LogP contribution in [0.3, 0.4) is 0 Å². The second kappa shape index (κ2) is 4.68. The standard InChI is InChI=1S/C13H15NO5S/c1-13(2,3)11-8-6-5-7-9(20(16,17)18-4)10(8)19-12(15)14-11/h5-7H,1-4H3. The molecule has 0 bridgehead atoms. The number of para-hydroxylation sites is 1. The molecule has 108 valence electrons. The molecule has 0 aliphatic heterocycles. The maximum atomic E-state index is 11.9. The molecule has 6 nitrogen and oxygen atoms in total. The van der Waals surface area contributed by atoms with Crippen molar-refractivity contribution in [3.05, 3.63) is 34.4 Å². The molecule has 0 radical (unpaired) electrons. The lowest BCUT2D eigenvalue weighted by Crippen LogP contribution is -2.20. The van der Waals surface area contributed by atoms with Gasteiger partial charge in [-0.25, -0.2) is 4.79 Å². The molecule has 0 unspecified atom stereocenters. The summed E-state index contributed by atoms with van der Waals surface area (Å²) in [6, 6.07) is 4.56. The third-order valence-electron chi connectivity index (χ3n) is 2.83. The fourth-order valence-electron chi connectivity index (χ4n) is 1.93. The summed E-state index contributed by atoms with van der Waals surface area (Å²) in [4.78, 5) is 15.3. The predicted molar refractivity (Wildman–Crippen MR) is 73.2 cm³/mol. The fourth-order valence-corrected chi connectivity index (χ4v) is 2.73. The number of hydrogen-bond acceptors (Lipinski definition) is 6. The molecular formula is C13H15NO5S. The summed E-state index contributed by atoms with van der Waals surface area (Å²) in [5.74, 6) is -0.832. The van der Waals surface area contributed by atoms with Gasteiger partial charge in [-0.1, -0.05) is 26.8 Å². The molecule has 0 aliphatic rings. The average molecular weight is 297 g/mol. The van der Waals surface area contributed by atoms with E-state index in [-0.39, 0.29) is 10.5 Å². The van der Waals surface area contributed by atoms with Crippen LogP contribution in [0.2, 0.25) is 0 Å². The van der Waals surface area contributed by atoms with E-state index in [0.29, 0.717) is 11.1 Å². The highest BCUT2D eigenvalue weighted by Gasteiger charge is 2.25. The molecule has 2 rings (SSSR count). The van der Waals surface area contributed by atoms with E-state index in [9.17, 15) is 13.2 Å². The lowest BCUT2D eigenvalue weighted by atomic mass is 9.89. The van der Waals surface area contributed by atoms with Crippen LogP contribution in [0.25, 0.3) is 11.0 Å². The smallest absolute Gasteiger partial charge is 0.406 e. The molecule has 20 heavy (non-hydrogen) atoms. The summed E-state index contributed by atoms with van der Waals surface area (Å²) in [5, 5.41) is 0.482. The topological polar surface area (TPSA) is 86.5 Å². The van der Waals surface area contributed by atoms with Gasteiger partial charge in [-0.05, 0) is 12.1 Å². The van der Waals surface area contributed by atoms with Gasteiger partial charge in [0.25, 0.3) is 10.1 Å². The lowest BCUT2D eigenvalue weighted by Gasteiger charge is -2.19. The number of fused-ring (bicyclic) bond motifs is 1. The third-order valence-corrected chi connectivity index (χ3v) is 4.12. The van der Waals surface area contributed by atoms with Crippen molar-refractivity contribution in [3.8, 4) is 0 Å². The van der Waals surface area contributed by atoms with E-state index in [1.807, 2.05) is 20.8 Å². The van der Waals surface area contributed by atoms with E-state index in [1.54, 1.807) is 12.1 Å². The maximum Gasteiger partial charge on any atom is 0.439 e. The average Bonchev–Trinajstić information content (AvgIpc) is 2.35. The monoisotopic (exact) mass is 297 g/mol. The summed E-state index contributed by atoms with van der Waals surface area (Å²) in [6.07, 6.45) is 0. The van der Waals surface area contributed by atoms with Crippen molar-refractivity contribution in [2.24, 2.45) is 0 Å². The highest BCUT2D eigenvalue weighted by molar-refractivity contribution is 7.87. The Morgan fingerprint density at radius 1 is 1.25 bits per heavy atom. The van der Waals surface area contributed by atoms with Gasteiger partial charge in [0.1, 0.15) is 4.90 Å². The van der Waals surface area contributed by atoms with Gasteiger partial charge in [0.2, 0.25) is 0 Å². The summed E-state index contributed by atoms with van der Waals surface area (Å²) in [6.45, 7) is 5.64. The van der Waals surface area contributed by atoms with Crippen LogP contribution in [0.15, 0.2) is 32.3 Å². The molecule has 0 spiro atoms. The second-order valence-corrected chi connectivity index (χ2v) is 7.01. The van der Waals surface area contributed by atoms with Crippen molar-refractivity contribution in [1.82, 2.24) is 4.98 Å². The first-order valence-corrected chi connectivity index (χ1v) is 7.32. The molecule has 1 aromatic carbocycles. The minimum Gasteiger partial charge on any atom is -0.406 e. The molecule has 2 aromatic rings. The van der Waals surface area contributed by atoms with E-state index in [1.165, 1.54) is 6.07 Å². The molecule has 0 amide bonds. The van der Waals surface area contributed by atoms with Gasteiger partial charge in [-0.3, -0.25) is 4.18 Å². The number of rotatable bonds is 2. The Morgan fingerprint density at radius 2 is 1.90 bits per heavy atom. The van der Waals surface area contributed by atoms with Crippen molar-refractivity contribution >= 4 is 21.1 Å². The third kappa shape index (κ3) is 2.46. The first-order valence-electron chi connectivity index (χ1n) is 5.92. The number of benzene rings is 1. The molecule has 0 saturated carbocycles. The Hall–Kier alpha value is -1.73. The first kappa shape index (κ1) is 14.7. The van der Waals surface area contributed by atoms with Gasteiger partial charge in [-0.2, -0.15) is 13.4 Å². The van der Waals surface area contributed by atoms with E-state index in [4.69, 9.17) is 4.42 Å². The maximum absolute atomic E-state index is 11.9. The minimum absolute atomic E-state index is 0.0284. The zero-order valence-corrected chi connectivity index (χ0v) is 12.4. The van der Waals surface area contributed by atoms with Gasteiger partial charge in [-0.15, -0.1) is 0 Å². The Balaban J connectivity index is 2.98. The van der Waals surface area contributed by atoms with Crippen LogP contribution in [-0.2, 0) is 19.7 Å². The summed E-state index contributed by atoms with van der Waals surface area (Å²) in [7, 11) is -2.91. The molecule has 1 heterocycles. The van der Waals surface area contributed by atoms with Crippen LogP contribution in [0, 0.1) is 0 Å². The summed E-state index contributed by atoms with van der Waals surface area (Å²) < 4.78 is 33.2. The van der Waals surface area contributed by atoms with Crippen molar-refractivity contribution in [1.29, 1.82) is 0 Å². The number of nitrogens with zero attached hydrogens (tertiary/aromatic N) is 1. The normalized spacial score (nSPS) is 12.8. The van der Waals surface area contributed by atoms with Crippen molar-refractivity contribution in [3.63, 3.8) is 0 Å². The van der Waals surface area contributed by atoms with Gasteiger partial charge in [0.15, 0.2) is 5.58 Å². The molecule has 0 fully saturated rings. The Kier molecular flexibility index (Phi) is 3.43. The molecule has 1 aromatic heterocycles. The molecule has 0 N–H and O–H groups in total. The molecule has 0 atom stereocenters. The Morgan fingerprint density at radius 3 is 2.45 bits per heavy atom. The largest absolute Gasteiger partial charge is 0.439 e. The van der Waals surface area contributed by atoms with Gasteiger partial charge in [0.05, 0.1) is 12.8 Å². The van der Waals surface area contributed by atoms with Crippen LogP contribution in [0.5, 0.6) is 0 Å². The first-order chi connectivity index (χ1) is 9.16. The van der Waals surface area contributed by atoms with E-state index in [0.717, 1.165) is 7.11 Å². The minimum atomic E-state index is -3.96. The van der Waals surface area contributed by atoms with E-state index in [2.05, 4.69) is 9.17 Å². The summed E-state index contributed by atoms with van der Waals surface area (Å²) >= 11 is 0. The summed E-state index contributed by atoms with van der Waals surface area (Å²) in [5.41, 5.74) is 0.0279. The van der Waals surface area contributed by atoms with Crippen molar-refractivity contribution in [2.45, 2.75) is 31.1 Å². The molecule has 7 heteroatoms. The lowest BCUT2D eigenvalue weighted by molar-refractivity contribution is 0.396. The SMILES string of the molecule is COS(=O)(=O)c1cccc2c(C(C)(C)C)nc(=O)oc12. The van der Waals surface area contributed by atoms with Crippen LogP contribution in [-0.4, -0.2) is 20.5 Å². The van der Waals surface area contributed by atoms with E-state index < -0.39 is 21.3 Å². The van der Waals surface area contributed by atoms with Crippen LogP contribution < -0.4 is 5.76 Å². The van der Waals surface area contributed by atoms with Crippen LogP contribution in [0.4, 0.5) is 0 Å². The number of hydrogen-bond donors (Lipinski definition) is 0. The molecule has 0 aliphatic carbocycles. The fraction of sp³-hybridized carbons (Fsp3) is 0.385. The van der Waals surface area contributed by atoms with Crippen molar-refractivity contribution in [2.75, 3.05) is 7.11 Å². The van der Waals surface area contributed by atoms with Gasteiger partial charge >= 0.3 is 5.76 Å². The quantitative estimate of drug-likeness (QED) is 0.786. The highest BCUT2D eigenvalue weighted by atomic mass is 32.2. The van der Waals surface area contributed by atoms with E-state index >= 15 is 0 Å². The highest BCUT2D eigenvalue weighted by Crippen LogP contribution is 2.30. The molecular weight excluding hydrogens is 282 g/mol. The van der Waals surface area contributed by atoms with Crippen LogP contribution >= 0.6 is 0 Å². The Labute approximate surface area is 116 Å². The van der Waals surface area contributed by atoms with Crippen LogP contribution in [0.1, 0.15) is 26.5 Å². The zero-order valence-electron chi connectivity index (χ0n) is 11.6. The van der Waals surface area contributed by atoms with Gasteiger partial charge in [0, 0.05) is 10.8 Å². The predicted octanol–water partition coefficient (Wildman–Crippen LogP) is 1.82. The molecule has 0 saturated heterocycles. The zero-order chi connectivity index (χ0) is 15.1. The van der Waals surface area contributed by atoms with Crippen molar-refractivity contribution < 1.29 is 17.0 Å². The van der Waals surface area contributed by atoms with Gasteiger partial charge < -0.3 is 4.42 Å². The Bertz CT molecular complexity index is 815. The number of aromatic nitrogens is 1. The second-order valence-electron chi connectivity index (χ2n) is 5.33.